The first-order valence-corrected chi connectivity index (χ1v) is 9.16. The second-order valence-electron chi connectivity index (χ2n) is 5.63. The van der Waals surface area contributed by atoms with Gasteiger partial charge >= 0.3 is 0 Å². The van der Waals surface area contributed by atoms with Crippen LogP contribution in [0.5, 0.6) is 11.5 Å². The SMILES string of the molecule is O=S(O)Cc1ccc(Oc2cc(F)cc(Br)c2)c2c1[C@H](O)C(F)(F)C2. The van der Waals surface area contributed by atoms with E-state index in [-0.39, 0.29) is 33.9 Å². The molecular weight excluding hydrogens is 425 g/mol. The van der Waals surface area contributed by atoms with Crippen LogP contribution < -0.4 is 4.74 Å². The van der Waals surface area contributed by atoms with Crippen LogP contribution in [-0.4, -0.2) is 19.8 Å². The summed E-state index contributed by atoms with van der Waals surface area (Å²) in [4.78, 5) is 0. The number of ether oxygens (including phenoxy) is 1. The van der Waals surface area contributed by atoms with E-state index in [1.165, 1.54) is 24.3 Å². The highest BCUT2D eigenvalue weighted by molar-refractivity contribution is 9.10. The summed E-state index contributed by atoms with van der Waals surface area (Å²) in [5, 5.41) is 9.93. The molecule has 9 heteroatoms. The molecule has 1 unspecified atom stereocenters. The van der Waals surface area contributed by atoms with Gasteiger partial charge < -0.3 is 14.4 Å². The van der Waals surface area contributed by atoms with Crippen LogP contribution in [0.1, 0.15) is 22.8 Å². The number of hydrogen-bond acceptors (Lipinski definition) is 3. The minimum Gasteiger partial charge on any atom is -0.457 e. The summed E-state index contributed by atoms with van der Waals surface area (Å²) in [6, 6.07) is 6.50. The van der Waals surface area contributed by atoms with Crippen LogP contribution in [0.4, 0.5) is 13.2 Å². The number of alkyl halides is 2. The zero-order valence-corrected chi connectivity index (χ0v) is 14.9. The van der Waals surface area contributed by atoms with E-state index in [0.29, 0.717) is 4.47 Å². The van der Waals surface area contributed by atoms with Gasteiger partial charge in [0.2, 0.25) is 0 Å². The van der Waals surface area contributed by atoms with Crippen molar-refractivity contribution in [1.82, 2.24) is 0 Å². The van der Waals surface area contributed by atoms with Crippen molar-refractivity contribution >= 4 is 27.0 Å². The molecule has 0 heterocycles. The van der Waals surface area contributed by atoms with Gasteiger partial charge in [0, 0.05) is 22.5 Å². The summed E-state index contributed by atoms with van der Waals surface area (Å²) in [6.45, 7) is 0. The van der Waals surface area contributed by atoms with Gasteiger partial charge in [-0.2, -0.15) is 0 Å². The lowest BCUT2D eigenvalue weighted by Crippen LogP contribution is -2.22. The number of rotatable bonds is 4. The Kier molecular flexibility index (Phi) is 4.93. The molecule has 2 atom stereocenters. The van der Waals surface area contributed by atoms with E-state index in [1.807, 2.05) is 0 Å². The predicted molar refractivity (Wildman–Crippen MR) is 88.7 cm³/mol. The van der Waals surface area contributed by atoms with Gasteiger partial charge in [-0.25, -0.2) is 17.4 Å². The predicted octanol–water partition coefficient (Wildman–Crippen LogP) is 4.33. The highest BCUT2D eigenvalue weighted by Crippen LogP contribution is 2.48. The molecule has 0 amide bonds. The third-order valence-corrected chi connectivity index (χ3v) is 4.85. The van der Waals surface area contributed by atoms with E-state index < -0.39 is 35.3 Å². The molecule has 0 aromatic heterocycles. The van der Waals surface area contributed by atoms with Crippen molar-refractivity contribution in [3.63, 3.8) is 0 Å². The van der Waals surface area contributed by atoms with Crippen molar-refractivity contribution in [1.29, 1.82) is 0 Å². The molecule has 0 bridgehead atoms. The van der Waals surface area contributed by atoms with Crippen LogP contribution >= 0.6 is 15.9 Å². The number of aliphatic hydroxyl groups is 1. The van der Waals surface area contributed by atoms with Gasteiger partial charge in [0.15, 0.2) is 11.1 Å². The quantitative estimate of drug-likeness (QED) is 0.700. The topological polar surface area (TPSA) is 66.8 Å². The smallest absolute Gasteiger partial charge is 0.281 e. The summed E-state index contributed by atoms with van der Waals surface area (Å²) in [6.07, 6.45) is -2.87. The molecule has 2 N–H and O–H groups in total. The molecule has 25 heavy (non-hydrogen) atoms. The standard InChI is InChI=1S/C16H12BrF3O4S/c17-9-3-10(18)5-11(4-9)24-13-2-1-8(7-25(22)23)14-12(13)6-16(19,20)15(14)21/h1-5,15,21H,6-7H2,(H,22,23)/t15-/m0/s1. The number of halogens is 4. The summed E-state index contributed by atoms with van der Waals surface area (Å²) >= 11 is 0.862. The first-order chi connectivity index (χ1) is 11.7. The monoisotopic (exact) mass is 436 g/mol. The third kappa shape index (κ3) is 3.74. The first-order valence-electron chi connectivity index (χ1n) is 7.09. The lowest BCUT2D eigenvalue weighted by atomic mass is 10.0. The molecule has 2 aromatic carbocycles. The normalized spacial score (nSPS) is 19.5. The van der Waals surface area contributed by atoms with Gasteiger partial charge in [-0.15, -0.1) is 0 Å². The van der Waals surface area contributed by atoms with E-state index in [9.17, 15) is 22.5 Å². The Morgan fingerprint density at radius 3 is 2.68 bits per heavy atom. The van der Waals surface area contributed by atoms with Crippen molar-refractivity contribution < 1.29 is 31.8 Å². The summed E-state index contributed by atoms with van der Waals surface area (Å²) < 4.78 is 67.5. The van der Waals surface area contributed by atoms with E-state index in [0.717, 1.165) is 6.07 Å². The lowest BCUT2D eigenvalue weighted by molar-refractivity contribution is -0.0970. The van der Waals surface area contributed by atoms with Crippen molar-refractivity contribution in [3.05, 3.63) is 57.3 Å². The van der Waals surface area contributed by atoms with Gasteiger partial charge in [-0.05, 0) is 29.3 Å². The summed E-state index contributed by atoms with van der Waals surface area (Å²) in [7, 11) is 0. The van der Waals surface area contributed by atoms with Gasteiger partial charge in [-0.3, -0.25) is 0 Å². The Hall–Kier alpha value is -1.42. The van der Waals surface area contributed by atoms with Gasteiger partial charge in [-0.1, -0.05) is 22.0 Å². The molecule has 134 valence electrons. The molecule has 0 aliphatic heterocycles. The average molecular weight is 437 g/mol. The number of hydrogen-bond donors (Lipinski definition) is 2. The number of benzene rings is 2. The van der Waals surface area contributed by atoms with E-state index in [2.05, 4.69) is 15.9 Å². The Morgan fingerprint density at radius 2 is 2.04 bits per heavy atom. The third-order valence-electron chi connectivity index (χ3n) is 3.83. The highest BCUT2D eigenvalue weighted by Gasteiger charge is 2.49. The van der Waals surface area contributed by atoms with Gasteiger partial charge in [0.05, 0.1) is 5.75 Å². The average Bonchev–Trinajstić information content (AvgIpc) is 2.71. The van der Waals surface area contributed by atoms with Gasteiger partial charge in [0.25, 0.3) is 5.92 Å². The van der Waals surface area contributed by atoms with E-state index >= 15 is 0 Å². The summed E-state index contributed by atoms with van der Waals surface area (Å²) in [5.41, 5.74) is 0.0782. The maximum absolute atomic E-state index is 14.0. The molecule has 4 nitrogen and oxygen atoms in total. The van der Waals surface area contributed by atoms with Crippen LogP contribution in [0.2, 0.25) is 0 Å². The van der Waals surface area contributed by atoms with Crippen LogP contribution in [-0.2, 0) is 23.3 Å². The fourth-order valence-electron chi connectivity index (χ4n) is 2.83. The van der Waals surface area contributed by atoms with Crippen LogP contribution in [0.3, 0.4) is 0 Å². The van der Waals surface area contributed by atoms with Crippen molar-refractivity contribution in [3.8, 4) is 11.5 Å². The Labute approximate surface area is 152 Å². The Morgan fingerprint density at radius 1 is 1.32 bits per heavy atom. The fourth-order valence-corrected chi connectivity index (χ4v) is 3.79. The number of aliphatic hydroxyl groups excluding tert-OH is 1. The van der Waals surface area contributed by atoms with Crippen molar-refractivity contribution in [2.45, 2.75) is 24.2 Å². The fraction of sp³-hybridized carbons (Fsp3) is 0.250. The molecule has 3 rings (SSSR count). The highest BCUT2D eigenvalue weighted by atomic mass is 79.9. The largest absolute Gasteiger partial charge is 0.457 e. The first kappa shape index (κ1) is 18.4. The van der Waals surface area contributed by atoms with Crippen LogP contribution in [0.15, 0.2) is 34.8 Å². The zero-order chi connectivity index (χ0) is 18.4. The van der Waals surface area contributed by atoms with E-state index in [4.69, 9.17) is 9.29 Å². The molecule has 0 spiro atoms. The molecule has 0 saturated heterocycles. The van der Waals surface area contributed by atoms with Crippen LogP contribution in [0.25, 0.3) is 0 Å². The Bertz CT molecular complexity index is 839. The maximum atomic E-state index is 14.0. The van der Waals surface area contributed by atoms with Crippen LogP contribution in [0, 0.1) is 5.82 Å². The molecule has 0 fully saturated rings. The molecule has 1 aliphatic rings. The van der Waals surface area contributed by atoms with Crippen molar-refractivity contribution in [2.24, 2.45) is 0 Å². The van der Waals surface area contributed by atoms with Gasteiger partial charge in [0.1, 0.15) is 23.4 Å². The second kappa shape index (κ2) is 6.71. The maximum Gasteiger partial charge on any atom is 0.281 e. The Balaban J connectivity index is 2.06. The minimum absolute atomic E-state index is 0.0381. The molecule has 1 aliphatic carbocycles. The van der Waals surface area contributed by atoms with Crippen molar-refractivity contribution in [2.75, 3.05) is 0 Å². The molecular formula is C16H12BrF3O4S. The summed E-state index contributed by atoms with van der Waals surface area (Å²) in [5.74, 6) is -4.25. The van der Waals surface area contributed by atoms with E-state index in [1.54, 1.807) is 0 Å². The molecule has 2 aromatic rings. The minimum atomic E-state index is -3.42. The molecule has 0 radical (unpaired) electrons. The second-order valence-corrected chi connectivity index (χ2v) is 7.48. The lowest BCUT2D eigenvalue weighted by Gasteiger charge is -2.16. The molecule has 0 saturated carbocycles. The number of fused-ring (bicyclic) bond motifs is 1. The zero-order valence-electron chi connectivity index (χ0n) is 12.5.